The van der Waals surface area contributed by atoms with Crippen LogP contribution in [0.25, 0.3) is 0 Å². The fraction of sp³-hybridized carbons (Fsp3) is 0.125. The molecule has 33 heavy (non-hydrogen) atoms. The molecule has 4 rings (SSSR count). The molecule has 168 valence electrons. The van der Waals surface area contributed by atoms with Gasteiger partial charge in [0.05, 0.1) is 6.04 Å². The van der Waals surface area contributed by atoms with Crippen LogP contribution in [-0.2, 0) is 10.0 Å². The number of nitrogens with zero attached hydrogens (tertiary/aromatic N) is 2. The number of sulfonamides is 1. The average Bonchev–Trinajstić information content (AvgIpc) is 3.29. The van der Waals surface area contributed by atoms with Gasteiger partial charge in [-0.25, -0.2) is 8.42 Å². The molecule has 0 aliphatic rings. The summed E-state index contributed by atoms with van der Waals surface area (Å²) in [5, 5.41) is 10.4. The summed E-state index contributed by atoms with van der Waals surface area (Å²) < 4.78 is 28.8. The predicted octanol–water partition coefficient (Wildman–Crippen LogP) is 4.48. The number of amides is 1. The molecule has 0 aliphatic heterocycles. The predicted molar refractivity (Wildman–Crippen MR) is 129 cm³/mol. The molecule has 0 bridgehead atoms. The summed E-state index contributed by atoms with van der Waals surface area (Å²) in [6.45, 7) is 3.90. The number of rotatable bonds is 7. The van der Waals surface area contributed by atoms with Crippen molar-refractivity contribution in [1.29, 1.82) is 0 Å². The fourth-order valence-corrected chi connectivity index (χ4v) is 5.31. The van der Waals surface area contributed by atoms with E-state index in [1.165, 1.54) is 0 Å². The normalized spacial score (nSPS) is 12.3. The quantitative estimate of drug-likeness (QED) is 0.382. The van der Waals surface area contributed by atoms with Crippen LogP contribution in [0.5, 0.6) is 0 Å². The van der Waals surface area contributed by atoms with Gasteiger partial charge in [0.2, 0.25) is 9.47 Å². The lowest BCUT2D eigenvalue weighted by Crippen LogP contribution is -2.29. The number of aromatic nitrogens is 2. The zero-order chi connectivity index (χ0) is 23.4. The Hall–Kier alpha value is -3.40. The highest BCUT2D eigenvalue weighted by Gasteiger charge is 2.26. The van der Waals surface area contributed by atoms with E-state index in [9.17, 15) is 13.2 Å². The van der Waals surface area contributed by atoms with Crippen LogP contribution in [0.1, 0.15) is 38.7 Å². The summed E-state index contributed by atoms with van der Waals surface area (Å²) >= 11 is 0.796. The van der Waals surface area contributed by atoms with Crippen molar-refractivity contribution in [2.45, 2.75) is 24.2 Å². The first kappa shape index (κ1) is 22.8. The Bertz CT molecular complexity index is 1350. The lowest BCUT2D eigenvalue weighted by molar-refractivity contribution is 0.102. The molecule has 1 amide bonds. The van der Waals surface area contributed by atoms with Crippen LogP contribution in [0.2, 0.25) is 0 Å². The Morgan fingerprint density at radius 3 is 2.03 bits per heavy atom. The van der Waals surface area contributed by atoms with Crippen molar-refractivity contribution in [3.8, 4) is 0 Å². The van der Waals surface area contributed by atoms with E-state index in [0.717, 1.165) is 33.6 Å². The third kappa shape index (κ3) is 5.51. The van der Waals surface area contributed by atoms with Gasteiger partial charge in [-0.1, -0.05) is 89.2 Å². The maximum Gasteiger partial charge on any atom is 0.270 e. The van der Waals surface area contributed by atoms with Gasteiger partial charge in [-0.2, -0.15) is 4.72 Å². The van der Waals surface area contributed by atoms with Gasteiger partial charge < -0.3 is 0 Å². The number of nitrogens with one attached hydrogen (secondary N) is 2. The Labute approximate surface area is 196 Å². The van der Waals surface area contributed by atoms with E-state index in [1.54, 1.807) is 12.1 Å². The number of aryl methyl sites for hydroxylation is 2. The molecule has 2 N–H and O–H groups in total. The second-order valence-corrected chi connectivity index (χ2v) is 10.4. The summed E-state index contributed by atoms with van der Waals surface area (Å²) in [4.78, 5) is 12.4. The number of carbonyl (C=O) groups is 1. The minimum absolute atomic E-state index is 0.104. The summed E-state index contributed by atoms with van der Waals surface area (Å²) in [5.41, 5.74) is 4.15. The standard InChI is InChI=1S/C24H22N4O3S2/c1-16-8-12-19(13-9-16)21(18-6-4-3-5-7-18)28-33(30,31)24-27-26-23(32-24)25-22(29)20-14-10-17(2)11-15-20/h3-15,21,28H,1-2H3,(H,25,26,29). The van der Waals surface area contributed by atoms with E-state index in [4.69, 9.17) is 0 Å². The summed E-state index contributed by atoms with van der Waals surface area (Å²) in [6.07, 6.45) is 0. The number of benzene rings is 3. The van der Waals surface area contributed by atoms with Crippen molar-refractivity contribution in [3.63, 3.8) is 0 Å². The molecule has 0 radical (unpaired) electrons. The van der Waals surface area contributed by atoms with Crippen molar-refractivity contribution in [1.82, 2.24) is 14.9 Å². The largest absolute Gasteiger partial charge is 0.296 e. The Balaban J connectivity index is 1.57. The van der Waals surface area contributed by atoms with Crippen molar-refractivity contribution >= 4 is 32.4 Å². The molecule has 1 heterocycles. The monoisotopic (exact) mass is 478 g/mol. The molecule has 4 aromatic rings. The van der Waals surface area contributed by atoms with Crippen molar-refractivity contribution in [3.05, 3.63) is 107 Å². The molecule has 7 nitrogen and oxygen atoms in total. The Kier molecular flexibility index (Phi) is 6.64. The van der Waals surface area contributed by atoms with E-state index in [1.807, 2.05) is 80.6 Å². The lowest BCUT2D eigenvalue weighted by atomic mass is 9.99. The molecular formula is C24H22N4O3S2. The molecule has 1 atom stereocenters. The molecule has 9 heteroatoms. The third-order valence-electron chi connectivity index (χ3n) is 4.99. The highest BCUT2D eigenvalue weighted by molar-refractivity contribution is 7.91. The van der Waals surface area contributed by atoms with Crippen LogP contribution in [0, 0.1) is 13.8 Å². The topological polar surface area (TPSA) is 101 Å². The molecule has 1 unspecified atom stereocenters. The Morgan fingerprint density at radius 2 is 1.39 bits per heavy atom. The number of carbonyl (C=O) groups excluding carboxylic acids is 1. The van der Waals surface area contributed by atoms with E-state index < -0.39 is 16.1 Å². The first-order valence-electron chi connectivity index (χ1n) is 10.2. The number of hydrogen-bond donors (Lipinski definition) is 2. The Morgan fingerprint density at radius 1 is 0.818 bits per heavy atom. The summed E-state index contributed by atoms with van der Waals surface area (Å²) in [7, 11) is -4.01. The van der Waals surface area contributed by atoms with Gasteiger partial charge >= 0.3 is 0 Å². The van der Waals surface area contributed by atoms with E-state index in [0.29, 0.717) is 5.56 Å². The first-order chi connectivity index (χ1) is 15.8. The van der Waals surface area contributed by atoms with Crippen LogP contribution in [-0.4, -0.2) is 24.5 Å². The van der Waals surface area contributed by atoms with Gasteiger partial charge in [-0.15, -0.1) is 10.2 Å². The first-order valence-corrected chi connectivity index (χ1v) is 12.5. The maximum atomic E-state index is 13.1. The average molecular weight is 479 g/mol. The van der Waals surface area contributed by atoms with E-state index in [2.05, 4.69) is 20.2 Å². The zero-order valence-electron chi connectivity index (χ0n) is 18.0. The highest BCUT2D eigenvalue weighted by atomic mass is 32.2. The van der Waals surface area contributed by atoms with Crippen LogP contribution < -0.4 is 10.0 Å². The smallest absolute Gasteiger partial charge is 0.270 e. The zero-order valence-corrected chi connectivity index (χ0v) is 19.7. The second kappa shape index (κ2) is 9.62. The molecule has 3 aromatic carbocycles. The van der Waals surface area contributed by atoms with Gasteiger partial charge in [-0.3, -0.25) is 10.1 Å². The van der Waals surface area contributed by atoms with Crippen LogP contribution in [0.15, 0.2) is 83.2 Å². The van der Waals surface area contributed by atoms with Crippen LogP contribution >= 0.6 is 11.3 Å². The van der Waals surface area contributed by atoms with E-state index in [-0.39, 0.29) is 15.4 Å². The second-order valence-electron chi connectivity index (χ2n) is 7.57. The van der Waals surface area contributed by atoms with Gasteiger partial charge in [0, 0.05) is 5.56 Å². The molecule has 0 saturated heterocycles. The van der Waals surface area contributed by atoms with Gasteiger partial charge in [0.25, 0.3) is 15.9 Å². The lowest BCUT2D eigenvalue weighted by Gasteiger charge is -2.19. The van der Waals surface area contributed by atoms with Gasteiger partial charge in [0.15, 0.2) is 0 Å². The SMILES string of the molecule is Cc1ccc(C(=O)Nc2nnc(S(=O)(=O)NC(c3ccccc3)c3ccc(C)cc3)s2)cc1. The fourth-order valence-electron chi connectivity index (χ4n) is 3.18. The van der Waals surface area contributed by atoms with E-state index >= 15 is 0 Å². The molecule has 1 aromatic heterocycles. The van der Waals surface area contributed by atoms with Crippen LogP contribution in [0.3, 0.4) is 0 Å². The summed E-state index contributed by atoms with van der Waals surface area (Å²) in [5.74, 6) is -0.384. The number of hydrogen-bond acceptors (Lipinski definition) is 6. The third-order valence-corrected chi connectivity index (χ3v) is 7.62. The highest BCUT2D eigenvalue weighted by Crippen LogP contribution is 2.27. The minimum Gasteiger partial charge on any atom is -0.296 e. The minimum atomic E-state index is -4.01. The number of anilines is 1. The maximum absolute atomic E-state index is 13.1. The summed E-state index contributed by atoms with van der Waals surface area (Å²) in [6, 6.07) is 23.4. The van der Waals surface area contributed by atoms with Gasteiger partial charge in [0.1, 0.15) is 0 Å². The molecule has 0 fully saturated rings. The molecule has 0 spiro atoms. The van der Waals surface area contributed by atoms with Crippen molar-refractivity contribution in [2.75, 3.05) is 5.32 Å². The van der Waals surface area contributed by atoms with Gasteiger partial charge in [-0.05, 0) is 37.1 Å². The van der Waals surface area contributed by atoms with Crippen LogP contribution in [0.4, 0.5) is 5.13 Å². The molecule has 0 aliphatic carbocycles. The molecule has 0 saturated carbocycles. The molecular weight excluding hydrogens is 456 g/mol. The van der Waals surface area contributed by atoms with Crippen molar-refractivity contribution in [2.24, 2.45) is 0 Å². The van der Waals surface area contributed by atoms with Crippen molar-refractivity contribution < 1.29 is 13.2 Å².